The summed E-state index contributed by atoms with van der Waals surface area (Å²) in [6.07, 6.45) is -0.625. The van der Waals surface area contributed by atoms with Gasteiger partial charge in [0.05, 0.1) is 17.8 Å². The molecule has 5 heteroatoms. The van der Waals surface area contributed by atoms with Gasteiger partial charge in [0.2, 0.25) is 0 Å². The molecule has 0 bridgehead atoms. The zero-order chi connectivity index (χ0) is 16.1. The minimum Gasteiger partial charge on any atom is -0.491 e. The van der Waals surface area contributed by atoms with E-state index in [1.54, 1.807) is 0 Å². The minimum atomic E-state index is -0.740. The second kappa shape index (κ2) is 7.42. The first-order valence-electron chi connectivity index (χ1n) is 7.23. The van der Waals surface area contributed by atoms with E-state index in [2.05, 4.69) is 5.32 Å². The zero-order valence-electron chi connectivity index (χ0n) is 13.0. The first-order chi connectivity index (χ1) is 10.5. The standard InChI is InChI=1S/C17H21NO3S/c1-11(2)21-14-6-4-13(5-7-14)16(19)8-18-17(20)15-10-22-9-12(15)3/h4-7,9-11,16,19H,8H2,1-3H3,(H,18,20). The topological polar surface area (TPSA) is 58.6 Å². The molecule has 0 fully saturated rings. The SMILES string of the molecule is Cc1cscc1C(=O)NCC(O)c1ccc(OC(C)C)cc1. The van der Waals surface area contributed by atoms with Crippen LogP contribution in [-0.4, -0.2) is 23.7 Å². The Labute approximate surface area is 134 Å². The fourth-order valence-electron chi connectivity index (χ4n) is 2.04. The number of aryl methyl sites for hydroxylation is 1. The Bertz CT molecular complexity index is 619. The molecule has 1 unspecified atom stereocenters. The summed E-state index contributed by atoms with van der Waals surface area (Å²) >= 11 is 1.49. The summed E-state index contributed by atoms with van der Waals surface area (Å²) in [5, 5.41) is 16.7. The van der Waals surface area contributed by atoms with Crippen LogP contribution < -0.4 is 10.1 Å². The predicted molar refractivity (Wildman–Crippen MR) is 88.6 cm³/mol. The van der Waals surface area contributed by atoms with E-state index in [1.807, 2.05) is 55.8 Å². The molecule has 0 aliphatic carbocycles. The molecule has 22 heavy (non-hydrogen) atoms. The highest BCUT2D eigenvalue weighted by Gasteiger charge is 2.13. The van der Waals surface area contributed by atoms with E-state index < -0.39 is 6.10 Å². The summed E-state index contributed by atoms with van der Waals surface area (Å²) in [5.74, 6) is 0.612. The van der Waals surface area contributed by atoms with Crippen LogP contribution in [0.3, 0.4) is 0 Å². The Morgan fingerprint density at radius 3 is 2.50 bits per heavy atom. The Hall–Kier alpha value is -1.85. The zero-order valence-corrected chi connectivity index (χ0v) is 13.8. The first kappa shape index (κ1) is 16.5. The summed E-state index contributed by atoms with van der Waals surface area (Å²) in [7, 11) is 0. The maximum Gasteiger partial charge on any atom is 0.252 e. The van der Waals surface area contributed by atoms with Crippen molar-refractivity contribution >= 4 is 17.2 Å². The number of nitrogens with one attached hydrogen (secondary N) is 1. The van der Waals surface area contributed by atoms with Crippen molar-refractivity contribution < 1.29 is 14.6 Å². The van der Waals surface area contributed by atoms with E-state index in [9.17, 15) is 9.90 Å². The van der Waals surface area contributed by atoms with Crippen molar-refractivity contribution in [3.8, 4) is 5.75 Å². The first-order valence-corrected chi connectivity index (χ1v) is 8.17. The van der Waals surface area contributed by atoms with Crippen molar-refractivity contribution in [3.05, 3.63) is 51.7 Å². The Kier molecular flexibility index (Phi) is 5.57. The number of benzene rings is 1. The molecule has 1 heterocycles. The van der Waals surface area contributed by atoms with Crippen molar-refractivity contribution in [2.24, 2.45) is 0 Å². The monoisotopic (exact) mass is 319 g/mol. The summed E-state index contributed by atoms with van der Waals surface area (Å²) < 4.78 is 5.56. The van der Waals surface area contributed by atoms with Gasteiger partial charge in [-0.25, -0.2) is 0 Å². The molecule has 0 spiro atoms. The highest BCUT2D eigenvalue weighted by atomic mass is 32.1. The van der Waals surface area contributed by atoms with Crippen LogP contribution in [0.1, 0.15) is 41.4 Å². The molecule has 2 rings (SSSR count). The molecule has 2 N–H and O–H groups in total. The molecular weight excluding hydrogens is 298 g/mol. The lowest BCUT2D eigenvalue weighted by Gasteiger charge is -2.14. The maximum absolute atomic E-state index is 12.0. The van der Waals surface area contributed by atoms with Crippen LogP contribution >= 0.6 is 11.3 Å². The van der Waals surface area contributed by atoms with Gasteiger partial charge in [-0.05, 0) is 49.4 Å². The molecule has 1 atom stereocenters. The van der Waals surface area contributed by atoms with Crippen LogP contribution in [0, 0.1) is 6.92 Å². The summed E-state index contributed by atoms with van der Waals surface area (Å²) in [5.41, 5.74) is 2.36. The highest BCUT2D eigenvalue weighted by Crippen LogP contribution is 2.19. The second-order valence-electron chi connectivity index (χ2n) is 5.43. The smallest absolute Gasteiger partial charge is 0.252 e. The number of carbonyl (C=O) groups excluding carboxylic acids is 1. The molecule has 1 aromatic carbocycles. The van der Waals surface area contributed by atoms with E-state index in [0.29, 0.717) is 5.56 Å². The number of hydrogen-bond acceptors (Lipinski definition) is 4. The van der Waals surface area contributed by atoms with Gasteiger partial charge in [-0.2, -0.15) is 11.3 Å². The Balaban J connectivity index is 1.90. The summed E-state index contributed by atoms with van der Waals surface area (Å²) in [6, 6.07) is 7.27. The number of rotatable bonds is 6. The van der Waals surface area contributed by atoms with Gasteiger partial charge in [0.15, 0.2) is 0 Å². The van der Waals surface area contributed by atoms with E-state index in [1.165, 1.54) is 11.3 Å². The second-order valence-corrected chi connectivity index (χ2v) is 6.17. The van der Waals surface area contributed by atoms with E-state index in [4.69, 9.17) is 4.74 Å². The molecule has 0 saturated heterocycles. The van der Waals surface area contributed by atoms with Crippen LogP contribution in [0.2, 0.25) is 0 Å². The molecule has 0 saturated carbocycles. The van der Waals surface area contributed by atoms with Gasteiger partial charge in [0.25, 0.3) is 5.91 Å². The van der Waals surface area contributed by atoms with Crippen molar-refractivity contribution in [2.45, 2.75) is 33.0 Å². The lowest BCUT2D eigenvalue weighted by atomic mass is 10.1. The Morgan fingerprint density at radius 2 is 1.95 bits per heavy atom. The fraction of sp³-hybridized carbons (Fsp3) is 0.353. The summed E-state index contributed by atoms with van der Waals surface area (Å²) in [4.78, 5) is 12.0. The molecular formula is C17H21NO3S. The number of hydrogen-bond donors (Lipinski definition) is 2. The van der Waals surface area contributed by atoms with Crippen LogP contribution in [0.15, 0.2) is 35.0 Å². The van der Waals surface area contributed by atoms with Gasteiger partial charge in [0, 0.05) is 11.9 Å². The molecule has 0 aliphatic rings. The lowest BCUT2D eigenvalue weighted by molar-refractivity contribution is 0.0916. The number of thiophene rings is 1. The van der Waals surface area contributed by atoms with Crippen LogP contribution in [-0.2, 0) is 0 Å². The van der Waals surface area contributed by atoms with E-state index in [-0.39, 0.29) is 18.6 Å². The van der Waals surface area contributed by atoms with Gasteiger partial charge >= 0.3 is 0 Å². The van der Waals surface area contributed by atoms with Gasteiger partial charge < -0.3 is 15.2 Å². The molecule has 118 valence electrons. The number of aliphatic hydroxyl groups is 1. The predicted octanol–water partition coefficient (Wildman–Crippen LogP) is 3.31. The lowest BCUT2D eigenvalue weighted by Crippen LogP contribution is -2.28. The molecule has 0 radical (unpaired) electrons. The number of aliphatic hydroxyl groups excluding tert-OH is 1. The summed E-state index contributed by atoms with van der Waals surface area (Å²) in [6.45, 7) is 6.00. The quantitative estimate of drug-likeness (QED) is 0.859. The molecule has 0 aliphatic heterocycles. The van der Waals surface area contributed by atoms with E-state index >= 15 is 0 Å². The average Bonchev–Trinajstić information content (AvgIpc) is 2.91. The average molecular weight is 319 g/mol. The third kappa shape index (κ3) is 4.32. The van der Waals surface area contributed by atoms with Gasteiger partial charge in [-0.3, -0.25) is 4.79 Å². The van der Waals surface area contributed by atoms with Crippen LogP contribution in [0.4, 0.5) is 0 Å². The van der Waals surface area contributed by atoms with Crippen LogP contribution in [0.5, 0.6) is 5.75 Å². The van der Waals surface area contributed by atoms with Crippen molar-refractivity contribution in [2.75, 3.05) is 6.54 Å². The third-order valence-corrected chi connectivity index (χ3v) is 4.05. The largest absolute Gasteiger partial charge is 0.491 e. The van der Waals surface area contributed by atoms with Gasteiger partial charge in [0.1, 0.15) is 5.75 Å². The minimum absolute atomic E-state index is 0.115. The van der Waals surface area contributed by atoms with Crippen molar-refractivity contribution in [1.29, 1.82) is 0 Å². The van der Waals surface area contributed by atoms with Crippen molar-refractivity contribution in [3.63, 3.8) is 0 Å². The Morgan fingerprint density at radius 1 is 1.27 bits per heavy atom. The molecule has 1 aromatic heterocycles. The number of ether oxygens (including phenoxy) is 1. The normalized spacial score (nSPS) is 12.2. The van der Waals surface area contributed by atoms with Gasteiger partial charge in [-0.15, -0.1) is 0 Å². The maximum atomic E-state index is 12.0. The van der Waals surface area contributed by atoms with Gasteiger partial charge in [-0.1, -0.05) is 12.1 Å². The van der Waals surface area contributed by atoms with Crippen molar-refractivity contribution in [1.82, 2.24) is 5.32 Å². The highest BCUT2D eigenvalue weighted by molar-refractivity contribution is 7.08. The molecule has 1 amide bonds. The van der Waals surface area contributed by atoms with E-state index in [0.717, 1.165) is 16.9 Å². The third-order valence-electron chi connectivity index (χ3n) is 3.19. The number of carbonyl (C=O) groups is 1. The fourth-order valence-corrected chi connectivity index (χ4v) is 2.86. The van der Waals surface area contributed by atoms with Crippen LogP contribution in [0.25, 0.3) is 0 Å². The number of amides is 1. The molecule has 4 nitrogen and oxygen atoms in total. The molecule has 2 aromatic rings.